The van der Waals surface area contributed by atoms with Gasteiger partial charge >= 0.3 is 0 Å². The van der Waals surface area contributed by atoms with Crippen LogP contribution < -0.4 is 15.1 Å². The lowest BCUT2D eigenvalue weighted by atomic mass is 10.1. The van der Waals surface area contributed by atoms with E-state index < -0.39 is 11.8 Å². The van der Waals surface area contributed by atoms with Gasteiger partial charge in [-0.25, -0.2) is 0 Å². The van der Waals surface area contributed by atoms with Crippen molar-refractivity contribution >= 4 is 78.7 Å². The molecule has 1 aromatic heterocycles. The minimum absolute atomic E-state index is 0.0323. The Morgan fingerprint density at radius 2 is 1.90 bits per heavy atom. The second-order valence-electron chi connectivity index (χ2n) is 6.34. The highest BCUT2D eigenvalue weighted by atomic mass is 79.9. The summed E-state index contributed by atoms with van der Waals surface area (Å²) in [6.45, 7) is 2.63. The second kappa shape index (κ2) is 8.39. The van der Waals surface area contributed by atoms with Crippen LogP contribution in [0, 0.1) is 0 Å². The number of ether oxygens (including phenoxy) is 1. The zero-order chi connectivity index (χ0) is 20.5. The van der Waals surface area contributed by atoms with Crippen molar-refractivity contribution in [2.75, 3.05) is 36.1 Å². The maximum absolute atomic E-state index is 13.1. The number of carbonyl (C=O) groups is 2. The van der Waals surface area contributed by atoms with Gasteiger partial charge < -0.3 is 14.1 Å². The van der Waals surface area contributed by atoms with E-state index in [2.05, 4.69) is 37.2 Å². The Balaban J connectivity index is 1.66. The van der Waals surface area contributed by atoms with E-state index in [1.165, 1.54) is 11.0 Å². The average Bonchev–Trinajstić information content (AvgIpc) is 3.06. The number of nitrogens with one attached hydrogen (secondary N) is 1. The Bertz CT molecular complexity index is 1030. The van der Waals surface area contributed by atoms with Crippen LogP contribution >= 0.6 is 44.1 Å². The Kier molecular flexibility index (Phi) is 5.86. The van der Waals surface area contributed by atoms with Gasteiger partial charge in [0.2, 0.25) is 5.88 Å². The first-order chi connectivity index (χ1) is 13.9. The number of benzene rings is 1. The van der Waals surface area contributed by atoms with E-state index in [0.717, 1.165) is 8.95 Å². The zero-order valence-electron chi connectivity index (χ0n) is 15.0. The van der Waals surface area contributed by atoms with E-state index in [9.17, 15) is 9.59 Å². The third kappa shape index (κ3) is 4.16. The molecule has 2 saturated heterocycles. The number of hydrogen-bond acceptors (Lipinski definition) is 6. The standard InChI is InChI=1S/C19H15Br2N3O4S/c20-11-2-1-3-12(8-11)24-17(26)14(16(25)22-19(24)29)9-13-10-15(21)18(28-13)23-4-6-27-7-5-23/h1-3,8-10H,4-7H2,(H,22,25,29)/b14-9+. The van der Waals surface area contributed by atoms with Crippen molar-refractivity contribution in [3.8, 4) is 0 Å². The van der Waals surface area contributed by atoms with Gasteiger partial charge in [-0.2, -0.15) is 0 Å². The molecule has 10 heteroatoms. The fourth-order valence-electron chi connectivity index (χ4n) is 3.08. The first kappa shape index (κ1) is 20.3. The van der Waals surface area contributed by atoms with Crippen molar-refractivity contribution in [1.29, 1.82) is 0 Å². The van der Waals surface area contributed by atoms with Crippen molar-refractivity contribution in [2.24, 2.45) is 0 Å². The predicted molar refractivity (Wildman–Crippen MR) is 120 cm³/mol. The normalized spacial score (nSPS) is 19.1. The van der Waals surface area contributed by atoms with Crippen molar-refractivity contribution < 1.29 is 18.7 Å². The van der Waals surface area contributed by atoms with Crippen LogP contribution in [0.4, 0.5) is 11.6 Å². The molecule has 0 aliphatic carbocycles. The Morgan fingerprint density at radius 3 is 2.62 bits per heavy atom. The van der Waals surface area contributed by atoms with E-state index in [-0.39, 0.29) is 10.7 Å². The number of thiocarbonyl (C=S) groups is 1. The van der Waals surface area contributed by atoms with Crippen LogP contribution in [0.3, 0.4) is 0 Å². The molecule has 0 spiro atoms. The summed E-state index contributed by atoms with van der Waals surface area (Å²) in [5.41, 5.74) is 0.489. The van der Waals surface area contributed by atoms with Crippen molar-refractivity contribution in [3.63, 3.8) is 0 Å². The minimum atomic E-state index is -0.563. The first-order valence-corrected chi connectivity index (χ1v) is 10.7. The summed E-state index contributed by atoms with van der Waals surface area (Å²) in [6.07, 6.45) is 1.43. The number of halogens is 2. The van der Waals surface area contributed by atoms with Crippen LogP contribution in [0.25, 0.3) is 6.08 Å². The summed E-state index contributed by atoms with van der Waals surface area (Å²) in [6, 6.07) is 8.84. The maximum Gasteiger partial charge on any atom is 0.270 e. The number of hydrogen-bond donors (Lipinski definition) is 1. The van der Waals surface area contributed by atoms with Gasteiger partial charge in [0.1, 0.15) is 11.3 Å². The quantitative estimate of drug-likeness (QED) is 0.365. The summed E-state index contributed by atoms with van der Waals surface area (Å²) in [5.74, 6) is -0.0500. The Hall–Kier alpha value is -2.01. The van der Waals surface area contributed by atoms with Gasteiger partial charge in [0.25, 0.3) is 11.8 Å². The molecule has 1 aromatic carbocycles. The van der Waals surface area contributed by atoms with E-state index in [1.54, 1.807) is 24.3 Å². The number of nitrogens with zero attached hydrogens (tertiary/aromatic N) is 2. The molecule has 2 amide bonds. The topological polar surface area (TPSA) is 75.0 Å². The number of rotatable bonds is 3. The maximum atomic E-state index is 13.1. The van der Waals surface area contributed by atoms with Crippen LogP contribution in [-0.4, -0.2) is 43.2 Å². The van der Waals surface area contributed by atoms with Crippen LogP contribution in [0.2, 0.25) is 0 Å². The van der Waals surface area contributed by atoms with Gasteiger partial charge in [0.05, 0.1) is 23.4 Å². The Morgan fingerprint density at radius 1 is 1.14 bits per heavy atom. The molecule has 0 radical (unpaired) electrons. The molecule has 2 aromatic rings. The van der Waals surface area contributed by atoms with E-state index >= 15 is 0 Å². The summed E-state index contributed by atoms with van der Waals surface area (Å²) in [7, 11) is 0. The summed E-state index contributed by atoms with van der Waals surface area (Å²) in [5, 5.41) is 2.60. The summed E-state index contributed by atoms with van der Waals surface area (Å²) in [4.78, 5) is 28.9. The molecule has 3 heterocycles. The van der Waals surface area contributed by atoms with Gasteiger partial charge in [-0.15, -0.1) is 0 Å². The molecule has 2 fully saturated rings. The first-order valence-electron chi connectivity index (χ1n) is 8.73. The second-order valence-corrected chi connectivity index (χ2v) is 8.50. The largest absolute Gasteiger partial charge is 0.440 e. The fourth-order valence-corrected chi connectivity index (χ4v) is 4.30. The van der Waals surface area contributed by atoms with E-state index in [0.29, 0.717) is 43.6 Å². The molecule has 0 unspecified atom stereocenters. The van der Waals surface area contributed by atoms with Crippen molar-refractivity contribution in [3.05, 3.63) is 50.6 Å². The number of anilines is 2. The molecule has 0 atom stereocenters. The lowest BCUT2D eigenvalue weighted by molar-refractivity contribution is -0.122. The predicted octanol–water partition coefficient (Wildman–Crippen LogP) is 3.47. The summed E-state index contributed by atoms with van der Waals surface area (Å²) >= 11 is 12.1. The molecule has 0 bridgehead atoms. The van der Waals surface area contributed by atoms with Crippen molar-refractivity contribution in [1.82, 2.24) is 5.32 Å². The fraction of sp³-hybridized carbons (Fsp3) is 0.211. The highest BCUT2D eigenvalue weighted by molar-refractivity contribution is 9.10. The van der Waals surface area contributed by atoms with Crippen LogP contribution in [0.5, 0.6) is 0 Å². The average molecular weight is 541 g/mol. The monoisotopic (exact) mass is 539 g/mol. The molecular formula is C19H15Br2N3O4S. The van der Waals surface area contributed by atoms with Gasteiger partial charge in [0.15, 0.2) is 5.11 Å². The lowest BCUT2D eigenvalue weighted by Crippen LogP contribution is -2.54. The minimum Gasteiger partial charge on any atom is -0.440 e. The van der Waals surface area contributed by atoms with Crippen LogP contribution in [0.1, 0.15) is 5.76 Å². The highest BCUT2D eigenvalue weighted by Gasteiger charge is 2.35. The molecular weight excluding hydrogens is 526 g/mol. The van der Waals surface area contributed by atoms with Crippen LogP contribution in [0.15, 0.2) is 49.3 Å². The molecule has 0 saturated carbocycles. The molecule has 2 aliphatic rings. The third-order valence-corrected chi connectivity index (χ3v) is 5.79. The summed E-state index contributed by atoms with van der Waals surface area (Å²) < 4.78 is 12.8. The molecule has 29 heavy (non-hydrogen) atoms. The zero-order valence-corrected chi connectivity index (χ0v) is 19.0. The van der Waals surface area contributed by atoms with Gasteiger partial charge in [-0.1, -0.05) is 22.0 Å². The number of furan rings is 1. The number of morpholine rings is 1. The van der Waals surface area contributed by atoms with Gasteiger partial charge in [0, 0.05) is 23.6 Å². The number of amides is 2. The molecule has 4 rings (SSSR count). The number of carbonyl (C=O) groups excluding carboxylic acids is 2. The molecule has 1 N–H and O–H groups in total. The van der Waals surface area contributed by atoms with Gasteiger partial charge in [-0.3, -0.25) is 19.8 Å². The lowest BCUT2D eigenvalue weighted by Gasteiger charge is -2.28. The van der Waals surface area contributed by atoms with Gasteiger partial charge in [-0.05, 0) is 52.4 Å². The van der Waals surface area contributed by atoms with E-state index in [1.807, 2.05) is 11.0 Å². The molecule has 7 nitrogen and oxygen atoms in total. The Labute approximate surface area is 188 Å². The van der Waals surface area contributed by atoms with Crippen molar-refractivity contribution in [2.45, 2.75) is 0 Å². The SMILES string of the molecule is O=C1NC(=S)N(c2cccc(Br)c2)C(=O)/C1=C/c1cc(Br)c(N2CCOCC2)o1. The smallest absolute Gasteiger partial charge is 0.270 e. The van der Waals surface area contributed by atoms with Crippen LogP contribution in [-0.2, 0) is 14.3 Å². The molecule has 2 aliphatic heterocycles. The van der Waals surface area contributed by atoms with E-state index in [4.69, 9.17) is 21.4 Å². The highest BCUT2D eigenvalue weighted by Crippen LogP contribution is 2.32. The third-order valence-electron chi connectivity index (χ3n) is 4.44. The molecule has 150 valence electrons.